The summed E-state index contributed by atoms with van der Waals surface area (Å²) in [7, 11) is 0. The van der Waals surface area contributed by atoms with E-state index < -0.39 is 23.0 Å². The van der Waals surface area contributed by atoms with Gasteiger partial charge in [-0.2, -0.15) is 0 Å². The van der Waals surface area contributed by atoms with Gasteiger partial charge in [-0.25, -0.2) is 13.8 Å². The Hall–Kier alpha value is -2.07. The van der Waals surface area contributed by atoms with Gasteiger partial charge in [-0.15, -0.1) is 0 Å². The molecule has 0 saturated carbocycles. The predicted octanol–water partition coefficient (Wildman–Crippen LogP) is 3.91. The van der Waals surface area contributed by atoms with E-state index in [1.165, 1.54) is 18.3 Å². The van der Waals surface area contributed by atoms with E-state index in [9.17, 15) is 13.6 Å². The lowest BCUT2D eigenvalue weighted by Gasteiger charge is -2.00. The third kappa shape index (κ3) is 3.23. The van der Waals surface area contributed by atoms with Gasteiger partial charge in [0.2, 0.25) is 0 Å². The molecule has 0 aliphatic carbocycles. The van der Waals surface area contributed by atoms with E-state index in [4.69, 9.17) is 11.6 Å². The molecule has 0 N–H and O–H groups in total. The molecule has 0 atom stereocenters. The summed E-state index contributed by atoms with van der Waals surface area (Å²) in [5.74, 6) is -2.52. The van der Waals surface area contributed by atoms with Crippen LogP contribution >= 0.6 is 11.6 Å². The van der Waals surface area contributed by atoms with Crippen molar-refractivity contribution in [2.75, 3.05) is 0 Å². The second kappa shape index (κ2) is 5.71. The second-order valence-electron chi connectivity index (χ2n) is 3.71. The quantitative estimate of drug-likeness (QED) is 0.484. The first-order valence-electron chi connectivity index (χ1n) is 5.36. The van der Waals surface area contributed by atoms with E-state index in [0.29, 0.717) is 10.7 Å². The van der Waals surface area contributed by atoms with Crippen LogP contribution in [0.3, 0.4) is 0 Å². The third-order valence-corrected chi connectivity index (χ3v) is 2.61. The maximum Gasteiger partial charge on any atom is 0.191 e. The number of nitrogens with zero attached hydrogens (tertiary/aromatic N) is 1. The van der Waals surface area contributed by atoms with Gasteiger partial charge >= 0.3 is 0 Å². The summed E-state index contributed by atoms with van der Waals surface area (Å²) in [6.45, 7) is 0. The standard InChI is InChI=1S/C14H8ClF2NO/c15-13-7-5-9(8-18-13)4-6-12(19)14-10(16)2-1-3-11(14)17/h1-8H. The molecular formula is C14H8ClF2NO. The minimum atomic E-state index is -0.885. The zero-order valence-corrected chi connectivity index (χ0v) is 10.4. The number of rotatable bonds is 3. The maximum absolute atomic E-state index is 13.4. The zero-order valence-electron chi connectivity index (χ0n) is 9.61. The summed E-state index contributed by atoms with van der Waals surface area (Å²) in [5, 5.41) is 0.323. The average molecular weight is 280 g/mol. The second-order valence-corrected chi connectivity index (χ2v) is 4.10. The summed E-state index contributed by atoms with van der Waals surface area (Å²) in [6, 6.07) is 6.46. The predicted molar refractivity (Wildman–Crippen MR) is 69.0 cm³/mol. The molecule has 0 aliphatic heterocycles. The fraction of sp³-hybridized carbons (Fsp3) is 0. The first-order valence-corrected chi connectivity index (χ1v) is 5.73. The summed E-state index contributed by atoms with van der Waals surface area (Å²) in [4.78, 5) is 15.5. The van der Waals surface area contributed by atoms with Gasteiger partial charge < -0.3 is 0 Å². The molecule has 0 amide bonds. The number of hydrogen-bond acceptors (Lipinski definition) is 2. The van der Waals surface area contributed by atoms with Crippen LogP contribution in [0.1, 0.15) is 15.9 Å². The maximum atomic E-state index is 13.4. The van der Waals surface area contributed by atoms with E-state index in [-0.39, 0.29) is 0 Å². The number of ketones is 1. The van der Waals surface area contributed by atoms with Gasteiger partial charge in [-0.05, 0) is 35.9 Å². The highest BCUT2D eigenvalue weighted by Crippen LogP contribution is 2.14. The fourth-order valence-corrected chi connectivity index (χ4v) is 1.59. The Morgan fingerprint density at radius 1 is 1.16 bits per heavy atom. The van der Waals surface area contributed by atoms with Gasteiger partial charge in [-0.1, -0.05) is 23.7 Å². The molecule has 5 heteroatoms. The summed E-state index contributed by atoms with van der Waals surface area (Å²) < 4.78 is 26.7. The molecule has 0 spiro atoms. The number of halogens is 3. The number of carbonyl (C=O) groups is 1. The van der Waals surface area contributed by atoms with Gasteiger partial charge in [0.25, 0.3) is 0 Å². The first-order chi connectivity index (χ1) is 9.08. The summed E-state index contributed by atoms with van der Waals surface area (Å²) in [5.41, 5.74) is 0.0372. The molecule has 1 aromatic carbocycles. The van der Waals surface area contributed by atoms with Crippen LogP contribution in [0.2, 0.25) is 5.15 Å². The topological polar surface area (TPSA) is 30.0 Å². The third-order valence-electron chi connectivity index (χ3n) is 2.39. The van der Waals surface area contributed by atoms with E-state index in [1.807, 2.05) is 0 Å². The molecule has 0 aliphatic rings. The summed E-state index contributed by atoms with van der Waals surface area (Å²) >= 11 is 5.61. The molecule has 0 bridgehead atoms. The smallest absolute Gasteiger partial charge is 0.191 e. The minimum Gasteiger partial charge on any atom is -0.289 e. The van der Waals surface area contributed by atoms with E-state index >= 15 is 0 Å². The molecule has 19 heavy (non-hydrogen) atoms. The van der Waals surface area contributed by atoms with Crippen molar-refractivity contribution in [3.63, 3.8) is 0 Å². The Kier molecular flexibility index (Phi) is 4.02. The van der Waals surface area contributed by atoms with Gasteiger partial charge in [0.1, 0.15) is 16.8 Å². The highest BCUT2D eigenvalue weighted by Gasteiger charge is 2.14. The Bertz CT molecular complexity index is 618. The first kappa shape index (κ1) is 13.4. The van der Waals surface area contributed by atoms with Crippen molar-refractivity contribution < 1.29 is 13.6 Å². The van der Waals surface area contributed by atoms with E-state index in [1.54, 1.807) is 12.1 Å². The van der Waals surface area contributed by atoms with Crippen molar-refractivity contribution in [2.45, 2.75) is 0 Å². The van der Waals surface area contributed by atoms with Crippen LogP contribution in [0.4, 0.5) is 8.78 Å². The lowest BCUT2D eigenvalue weighted by Crippen LogP contribution is -2.02. The number of allylic oxidation sites excluding steroid dienone is 1. The molecular weight excluding hydrogens is 272 g/mol. The van der Waals surface area contributed by atoms with E-state index in [0.717, 1.165) is 18.2 Å². The van der Waals surface area contributed by atoms with Gasteiger partial charge in [0.15, 0.2) is 5.78 Å². The van der Waals surface area contributed by atoms with Crippen molar-refractivity contribution >= 4 is 23.5 Å². The van der Waals surface area contributed by atoms with Crippen molar-refractivity contribution in [2.24, 2.45) is 0 Å². The van der Waals surface area contributed by atoms with Crippen LogP contribution in [0, 0.1) is 11.6 Å². The number of carbonyl (C=O) groups excluding carboxylic acids is 1. The van der Waals surface area contributed by atoms with Gasteiger partial charge in [0, 0.05) is 6.20 Å². The number of hydrogen-bond donors (Lipinski definition) is 0. The van der Waals surface area contributed by atoms with E-state index in [2.05, 4.69) is 4.98 Å². The number of pyridine rings is 1. The molecule has 2 aromatic rings. The highest BCUT2D eigenvalue weighted by molar-refractivity contribution is 6.29. The Morgan fingerprint density at radius 3 is 2.42 bits per heavy atom. The Labute approximate surface area is 113 Å². The van der Waals surface area contributed by atoms with Crippen LogP contribution < -0.4 is 0 Å². The van der Waals surface area contributed by atoms with Crippen molar-refractivity contribution in [3.8, 4) is 0 Å². The molecule has 2 rings (SSSR count). The number of benzene rings is 1. The van der Waals surface area contributed by atoms with Crippen LogP contribution in [-0.4, -0.2) is 10.8 Å². The average Bonchev–Trinajstić information content (AvgIpc) is 2.38. The fourth-order valence-electron chi connectivity index (χ4n) is 1.47. The van der Waals surface area contributed by atoms with Crippen LogP contribution in [0.15, 0.2) is 42.6 Å². The molecule has 0 radical (unpaired) electrons. The van der Waals surface area contributed by atoms with Crippen LogP contribution in [0.5, 0.6) is 0 Å². The van der Waals surface area contributed by atoms with Crippen LogP contribution in [0.25, 0.3) is 6.08 Å². The van der Waals surface area contributed by atoms with Crippen molar-refractivity contribution in [1.29, 1.82) is 0 Å². The SMILES string of the molecule is O=C(C=Cc1ccc(Cl)nc1)c1c(F)cccc1F. The van der Waals surface area contributed by atoms with Gasteiger partial charge in [0.05, 0.1) is 5.56 Å². The normalized spacial score (nSPS) is 10.9. The largest absolute Gasteiger partial charge is 0.289 e. The molecule has 2 nitrogen and oxygen atoms in total. The molecule has 96 valence electrons. The minimum absolute atomic E-state index is 0.323. The Morgan fingerprint density at radius 2 is 1.84 bits per heavy atom. The van der Waals surface area contributed by atoms with Crippen molar-refractivity contribution in [3.05, 3.63) is 70.5 Å². The monoisotopic (exact) mass is 279 g/mol. The van der Waals surface area contributed by atoms with Crippen molar-refractivity contribution in [1.82, 2.24) is 4.98 Å². The molecule has 1 aromatic heterocycles. The molecule has 1 heterocycles. The lowest BCUT2D eigenvalue weighted by atomic mass is 10.1. The van der Waals surface area contributed by atoms with Gasteiger partial charge in [-0.3, -0.25) is 4.79 Å². The summed E-state index contributed by atoms with van der Waals surface area (Å²) in [6.07, 6.45) is 3.95. The molecule has 0 unspecified atom stereocenters. The Balaban J connectivity index is 2.24. The zero-order chi connectivity index (χ0) is 13.8. The number of aromatic nitrogens is 1. The van der Waals surface area contributed by atoms with Crippen LogP contribution in [-0.2, 0) is 0 Å². The molecule has 0 fully saturated rings. The highest BCUT2D eigenvalue weighted by atomic mass is 35.5. The molecule has 0 saturated heterocycles. The lowest BCUT2D eigenvalue weighted by molar-refractivity contribution is 0.104.